The zero-order valence-electron chi connectivity index (χ0n) is 10.5. The number of ether oxygens (including phenoxy) is 1. The summed E-state index contributed by atoms with van der Waals surface area (Å²) in [6.07, 6.45) is 0. The summed E-state index contributed by atoms with van der Waals surface area (Å²) in [4.78, 5) is 16.2. The molecule has 0 bridgehead atoms. The number of aryl methyl sites for hydroxylation is 1. The van der Waals surface area contributed by atoms with Gasteiger partial charge in [0.25, 0.3) is 5.91 Å². The first-order chi connectivity index (χ1) is 9.19. The predicted molar refractivity (Wildman–Crippen MR) is 69.8 cm³/mol. The molecule has 94 valence electrons. The lowest BCUT2D eigenvalue weighted by atomic mass is 10.0. The summed E-state index contributed by atoms with van der Waals surface area (Å²) < 4.78 is 5.12. The lowest BCUT2D eigenvalue weighted by molar-refractivity contribution is 0.100. The SMILES string of the molecule is COc1ccc(-c2nc(C)cc3c2C(=O)N=N3)cc1. The zero-order chi connectivity index (χ0) is 13.4. The number of fused-ring (bicyclic) bond motifs is 1. The van der Waals surface area contributed by atoms with Gasteiger partial charge >= 0.3 is 0 Å². The maximum absolute atomic E-state index is 11.8. The summed E-state index contributed by atoms with van der Waals surface area (Å²) in [5.74, 6) is 0.419. The molecular formula is C14H11N3O2. The average molecular weight is 253 g/mol. The molecule has 1 aliphatic heterocycles. The van der Waals surface area contributed by atoms with Gasteiger partial charge in [-0.1, -0.05) is 0 Å². The molecule has 5 heteroatoms. The number of benzene rings is 1. The summed E-state index contributed by atoms with van der Waals surface area (Å²) in [6.45, 7) is 1.87. The van der Waals surface area contributed by atoms with Gasteiger partial charge in [0.15, 0.2) is 0 Å². The van der Waals surface area contributed by atoms with Crippen molar-refractivity contribution in [2.75, 3.05) is 7.11 Å². The van der Waals surface area contributed by atoms with E-state index in [1.165, 1.54) is 0 Å². The van der Waals surface area contributed by atoms with Gasteiger partial charge in [0.1, 0.15) is 11.4 Å². The number of carbonyl (C=O) groups is 1. The third kappa shape index (κ3) is 1.89. The first kappa shape index (κ1) is 11.5. The molecule has 19 heavy (non-hydrogen) atoms. The van der Waals surface area contributed by atoms with Crippen molar-refractivity contribution in [1.82, 2.24) is 4.98 Å². The standard InChI is InChI=1S/C14H11N3O2/c1-8-7-11-12(14(18)17-16-11)13(15-8)9-3-5-10(19-2)6-4-9/h3-7H,1-2H3. The fourth-order valence-corrected chi connectivity index (χ4v) is 2.05. The zero-order valence-corrected chi connectivity index (χ0v) is 10.5. The first-order valence-electron chi connectivity index (χ1n) is 5.81. The third-order valence-electron chi connectivity index (χ3n) is 2.95. The molecule has 1 aliphatic rings. The maximum atomic E-state index is 11.8. The Morgan fingerprint density at radius 1 is 1.11 bits per heavy atom. The normalized spacial score (nSPS) is 12.6. The Hall–Kier alpha value is -2.56. The summed E-state index contributed by atoms with van der Waals surface area (Å²) >= 11 is 0. The summed E-state index contributed by atoms with van der Waals surface area (Å²) in [7, 11) is 1.61. The van der Waals surface area contributed by atoms with E-state index in [9.17, 15) is 4.79 Å². The van der Waals surface area contributed by atoms with Crippen LogP contribution >= 0.6 is 0 Å². The molecule has 0 N–H and O–H groups in total. The van der Waals surface area contributed by atoms with Crippen molar-refractivity contribution < 1.29 is 9.53 Å². The van der Waals surface area contributed by atoms with Crippen LogP contribution in [0, 0.1) is 6.92 Å². The molecule has 5 nitrogen and oxygen atoms in total. The summed E-state index contributed by atoms with van der Waals surface area (Å²) in [5, 5.41) is 7.46. The van der Waals surface area contributed by atoms with E-state index in [1.807, 2.05) is 31.2 Å². The van der Waals surface area contributed by atoms with E-state index in [0.717, 1.165) is 17.0 Å². The lowest BCUT2D eigenvalue weighted by Crippen LogP contribution is -1.98. The molecule has 2 aromatic rings. The number of azo groups is 1. The van der Waals surface area contributed by atoms with Gasteiger partial charge in [-0.15, -0.1) is 10.2 Å². The van der Waals surface area contributed by atoms with Gasteiger partial charge in [-0.2, -0.15) is 0 Å². The third-order valence-corrected chi connectivity index (χ3v) is 2.95. The van der Waals surface area contributed by atoms with Gasteiger partial charge in [-0.3, -0.25) is 9.78 Å². The van der Waals surface area contributed by atoms with Crippen molar-refractivity contribution in [1.29, 1.82) is 0 Å². The van der Waals surface area contributed by atoms with E-state index in [0.29, 0.717) is 16.9 Å². The van der Waals surface area contributed by atoms with Crippen molar-refractivity contribution in [3.63, 3.8) is 0 Å². The molecule has 0 atom stereocenters. The molecule has 0 spiro atoms. The monoisotopic (exact) mass is 253 g/mol. The molecule has 0 saturated carbocycles. The number of aromatic nitrogens is 1. The highest BCUT2D eigenvalue weighted by Crippen LogP contribution is 2.35. The minimum atomic E-state index is -0.340. The molecule has 2 heterocycles. The number of nitrogens with zero attached hydrogens (tertiary/aromatic N) is 3. The predicted octanol–water partition coefficient (Wildman–Crippen LogP) is 3.30. The van der Waals surface area contributed by atoms with Gasteiger partial charge in [0.05, 0.1) is 18.4 Å². The Labute approximate surface area is 110 Å². The molecule has 1 amide bonds. The minimum Gasteiger partial charge on any atom is -0.497 e. The molecule has 3 rings (SSSR count). The van der Waals surface area contributed by atoms with Crippen LogP contribution in [0.25, 0.3) is 11.3 Å². The Morgan fingerprint density at radius 3 is 2.53 bits per heavy atom. The van der Waals surface area contributed by atoms with E-state index in [2.05, 4.69) is 15.2 Å². The number of carbonyl (C=O) groups excluding carboxylic acids is 1. The highest BCUT2D eigenvalue weighted by Gasteiger charge is 2.24. The van der Waals surface area contributed by atoms with Crippen LogP contribution < -0.4 is 4.74 Å². The molecule has 0 fully saturated rings. The fraction of sp³-hybridized carbons (Fsp3) is 0.143. The summed E-state index contributed by atoms with van der Waals surface area (Å²) in [5.41, 5.74) is 3.33. The van der Waals surface area contributed by atoms with Crippen LogP contribution in [-0.2, 0) is 0 Å². The largest absolute Gasteiger partial charge is 0.497 e. The molecule has 0 radical (unpaired) electrons. The van der Waals surface area contributed by atoms with E-state index in [-0.39, 0.29) is 5.91 Å². The number of rotatable bonds is 2. The van der Waals surface area contributed by atoms with Crippen molar-refractivity contribution in [3.05, 3.63) is 41.6 Å². The van der Waals surface area contributed by atoms with Crippen LogP contribution in [0.2, 0.25) is 0 Å². The number of pyridine rings is 1. The second-order valence-electron chi connectivity index (χ2n) is 4.24. The van der Waals surface area contributed by atoms with Crippen molar-refractivity contribution >= 4 is 11.6 Å². The van der Waals surface area contributed by atoms with Crippen molar-refractivity contribution in [2.24, 2.45) is 10.2 Å². The van der Waals surface area contributed by atoms with E-state index in [4.69, 9.17) is 4.74 Å². The number of methoxy groups -OCH3 is 1. The Morgan fingerprint density at radius 2 is 1.84 bits per heavy atom. The fourth-order valence-electron chi connectivity index (χ4n) is 2.05. The van der Waals surface area contributed by atoms with Crippen molar-refractivity contribution in [3.8, 4) is 17.0 Å². The number of hydrogen-bond donors (Lipinski definition) is 0. The molecule has 1 aromatic heterocycles. The lowest BCUT2D eigenvalue weighted by Gasteiger charge is -2.07. The number of amides is 1. The minimum absolute atomic E-state index is 0.340. The molecule has 0 aliphatic carbocycles. The van der Waals surface area contributed by atoms with Crippen LogP contribution in [0.4, 0.5) is 5.69 Å². The molecule has 0 saturated heterocycles. The maximum Gasteiger partial charge on any atom is 0.299 e. The smallest absolute Gasteiger partial charge is 0.299 e. The molecular weight excluding hydrogens is 242 g/mol. The molecule has 0 unspecified atom stereocenters. The quantitative estimate of drug-likeness (QED) is 0.824. The molecule has 1 aromatic carbocycles. The Kier molecular flexibility index (Phi) is 2.59. The second kappa shape index (κ2) is 4.28. The van der Waals surface area contributed by atoms with Crippen LogP contribution in [0.3, 0.4) is 0 Å². The second-order valence-corrected chi connectivity index (χ2v) is 4.24. The van der Waals surface area contributed by atoms with Gasteiger partial charge in [-0.25, -0.2) is 0 Å². The first-order valence-corrected chi connectivity index (χ1v) is 5.81. The Balaban J connectivity index is 2.17. The summed E-state index contributed by atoms with van der Waals surface area (Å²) in [6, 6.07) is 9.16. The van der Waals surface area contributed by atoms with Crippen LogP contribution in [0.5, 0.6) is 5.75 Å². The van der Waals surface area contributed by atoms with Gasteiger partial charge in [0.2, 0.25) is 0 Å². The highest BCUT2D eigenvalue weighted by atomic mass is 16.5. The van der Waals surface area contributed by atoms with E-state index >= 15 is 0 Å². The van der Waals surface area contributed by atoms with Crippen LogP contribution in [-0.4, -0.2) is 18.0 Å². The van der Waals surface area contributed by atoms with Gasteiger partial charge < -0.3 is 4.74 Å². The van der Waals surface area contributed by atoms with Gasteiger partial charge in [-0.05, 0) is 37.3 Å². The average Bonchev–Trinajstić information content (AvgIpc) is 2.79. The topological polar surface area (TPSA) is 63.9 Å². The van der Waals surface area contributed by atoms with Crippen LogP contribution in [0.15, 0.2) is 40.6 Å². The van der Waals surface area contributed by atoms with Crippen molar-refractivity contribution in [2.45, 2.75) is 6.92 Å². The van der Waals surface area contributed by atoms with Gasteiger partial charge in [0, 0.05) is 11.3 Å². The van der Waals surface area contributed by atoms with Crippen LogP contribution in [0.1, 0.15) is 16.1 Å². The highest BCUT2D eigenvalue weighted by molar-refractivity contribution is 6.06. The Bertz CT molecular complexity index is 691. The number of hydrogen-bond acceptors (Lipinski definition) is 4. The van der Waals surface area contributed by atoms with E-state index < -0.39 is 0 Å². The van der Waals surface area contributed by atoms with E-state index in [1.54, 1.807) is 13.2 Å².